The van der Waals surface area contributed by atoms with Gasteiger partial charge < -0.3 is 10.1 Å². The van der Waals surface area contributed by atoms with Crippen LogP contribution in [0.25, 0.3) is 0 Å². The number of halogens is 1. The maximum atomic E-state index is 12.9. The van der Waals surface area contributed by atoms with E-state index in [-0.39, 0.29) is 22.8 Å². The van der Waals surface area contributed by atoms with Crippen LogP contribution in [0.15, 0.2) is 53.4 Å². The fourth-order valence-corrected chi connectivity index (χ4v) is 5.96. The topological polar surface area (TPSA) is 119 Å². The lowest BCUT2D eigenvalue weighted by Gasteiger charge is -2.15. The van der Waals surface area contributed by atoms with Gasteiger partial charge in [0.05, 0.1) is 16.4 Å². The summed E-state index contributed by atoms with van der Waals surface area (Å²) < 4.78 is 68.6. The number of nitrogens with one attached hydrogen (secondary N) is 2. The van der Waals surface area contributed by atoms with Crippen LogP contribution in [-0.4, -0.2) is 46.4 Å². The van der Waals surface area contributed by atoms with Crippen LogP contribution in [0, 0.1) is 5.82 Å². The Hall–Kier alpha value is -2.50. The molecule has 0 bridgehead atoms. The third-order valence-corrected chi connectivity index (χ3v) is 7.79. The van der Waals surface area contributed by atoms with Crippen LogP contribution < -0.4 is 14.8 Å². The van der Waals surface area contributed by atoms with Crippen LogP contribution >= 0.6 is 0 Å². The summed E-state index contributed by atoms with van der Waals surface area (Å²) in [4.78, 5) is 12.2. The van der Waals surface area contributed by atoms with Gasteiger partial charge >= 0.3 is 0 Å². The Balaban J connectivity index is 1.59. The Labute approximate surface area is 174 Å². The molecule has 2 atom stereocenters. The summed E-state index contributed by atoms with van der Waals surface area (Å²) in [7, 11) is -7.09. The number of carbonyl (C=O) groups excluding carboxylic acids is 1. The second-order valence-electron chi connectivity index (χ2n) is 6.95. The van der Waals surface area contributed by atoms with Gasteiger partial charge in [-0.3, -0.25) is 4.79 Å². The summed E-state index contributed by atoms with van der Waals surface area (Å²) in [5.41, 5.74) is 0.358. The maximum Gasteiger partial charge on any atom is 0.265 e. The highest BCUT2D eigenvalue weighted by molar-refractivity contribution is 7.92. The normalized spacial score (nSPS) is 19.2. The number of sulfone groups is 1. The fourth-order valence-electron chi connectivity index (χ4n) is 2.91. The van der Waals surface area contributed by atoms with Crippen molar-refractivity contribution in [1.82, 2.24) is 4.72 Å². The summed E-state index contributed by atoms with van der Waals surface area (Å²) in [6.45, 7) is 1.52. The molecule has 8 nitrogen and oxygen atoms in total. The van der Waals surface area contributed by atoms with Gasteiger partial charge in [-0.05, 0) is 61.9 Å². The smallest absolute Gasteiger partial charge is 0.265 e. The number of ether oxygens (including phenoxy) is 1. The molecule has 0 radical (unpaired) electrons. The zero-order chi connectivity index (χ0) is 21.9. The van der Waals surface area contributed by atoms with Gasteiger partial charge in [-0.1, -0.05) is 0 Å². The van der Waals surface area contributed by atoms with E-state index in [1.165, 1.54) is 55.5 Å². The van der Waals surface area contributed by atoms with Crippen LogP contribution in [0.1, 0.15) is 13.3 Å². The highest BCUT2D eigenvalue weighted by atomic mass is 32.2. The highest BCUT2D eigenvalue weighted by Gasteiger charge is 2.31. The summed E-state index contributed by atoms with van der Waals surface area (Å²) in [6.07, 6.45) is -0.633. The van der Waals surface area contributed by atoms with E-state index in [1.54, 1.807) is 0 Å². The van der Waals surface area contributed by atoms with E-state index in [1.807, 2.05) is 0 Å². The summed E-state index contributed by atoms with van der Waals surface area (Å²) in [5, 5.41) is 2.60. The number of hydrogen-bond donors (Lipinski definition) is 2. The van der Waals surface area contributed by atoms with Crippen molar-refractivity contribution in [2.75, 3.05) is 16.8 Å². The molecule has 0 unspecified atom stereocenters. The summed E-state index contributed by atoms with van der Waals surface area (Å²) >= 11 is 0. The van der Waals surface area contributed by atoms with Gasteiger partial charge in [0.15, 0.2) is 15.9 Å². The standard InChI is InChI=1S/C19H21FN2O6S2/c1-13(28-17-6-2-14(20)3-7-17)19(23)21-15-4-8-18(9-5-15)30(26,27)22-16-10-11-29(24,25)12-16/h2-9,13,16,22H,10-12H2,1H3,(H,21,23)/t13-,16-/m1/s1. The van der Waals surface area contributed by atoms with Crippen molar-refractivity contribution in [3.63, 3.8) is 0 Å². The van der Waals surface area contributed by atoms with E-state index >= 15 is 0 Å². The van der Waals surface area contributed by atoms with Gasteiger partial charge in [0.1, 0.15) is 11.6 Å². The molecule has 2 aromatic carbocycles. The van der Waals surface area contributed by atoms with Crippen LogP contribution in [0.5, 0.6) is 5.75 Å². The van der Waals surface area contributed by atoms with Crippen LogP contribution in [0.2, 0.25) is 0 Å². The number of hydrogen-bond acceptors (Lipinski definition) is 6. The average Bonchev–Trinajstić information content (AvgIpc) is 3.01. The van der Waals surface area contributed by atoms with Crippen molar-refractivity contribution in [2.24, 2.45) is 0 Å². The van der Waals surface area contributed by atoms with Crippen molar-refractivity contribution < 1.29 is 30.8 Å². The first-order valence-electron chi connectivity index (χ1n) is 9.10. The van der Waals surface area contributed by atoms with E-state index in [2.05, 4.69) is 10.0 Å². The molecule has 1 amide bonds. The minimum Gasteiger partial charge on any atom is -0.481 e. The van der Waals surface area contributed by atoms with Crippen molar-refractivity contribution in [3.8, 4) is 5.75 Å². The van der Waals surface area contributed by atoms with Crippen molar-refractivity contribution >= 4 is 31.5 Å². The molecule has 1 aliphatic heterocycles. The van der Waals surface area contributed by atoms with E-state index in [0.29, 0.717) is 11.4 Å². The largest absolute Gasteiger partial charge is 0.481 e. The molecule has 3 rings (SSSR count). The van der Waals surface area contributed by atoms with Gasteiger partial charge in [-0.25, -0.2) is 25.9 Å². The monoisotopic (exact) mass is 456 g/mol. The maximum absolute atomic E-state index is 12.9. The first-order valence-corrected chi connectivity index (χ1v) is 12.4. The number of rotatable bonds is 7. The number of sulfonamides is 1. The van der Waals surface area contributed by atoms with E-state index in [0.717, 1.165) is 0 Å². The molecule has 1 saturated heterocycles. The van der Waals surface area contributed by atoms with Crippen LogP contribution in [0.4, 0.5) is 10.1 Å². The Morgan fingerprint density at radius 3 is 2.33 bits per heavy atom. The Bertz CT molecular complexity index is 1120. The number of anilines is 1. The molecule has 0 aliphatic carbocycles. The second-order valence-corrected chi connectivity index (χ2v) is 10.9. The molecule has 2 aromatic rings. The first-order chi connectivity index (χ1) is 14.0. The van der Waals surface area contributed by atoms with E-state index in [9.17, 15) is 26.0 Å². The number of benzene rings is 2. The first kappa shape index (κ1) is 22.2. The molecule has 0 spiro atoms. The molecule has 1 heterocycles. The zero-order valence-corrected chi connectivity index (χ0v) is 17.7. The molecule has 30 heavy (non-hydrogen) atoms. The van der Waals surface area contributed by atoms with Crippen LogP contribution in [0.3, 0.4) is 0 Å². The molecule has 1 fully saturated rings. The zero-order valence-electron chi connectivity index (χ0n) is 16.0. The van der Waals surface area contributed by atoms with Crippen molar-refractivity contribution in [1.29, 1.82) is 0 Å². The number of carbonyl (C=O) groups is 1. The molecular formula is C19H21FN2O6S2. The lowest BCUT2D eigenvalue weighted by atomic mass is 10.3. The molecule has 11 heteroatoms. The summed E-state index contributed by atoms with van der Waals surface area (Å²) in [6, 6.07) is 10.1. The summed E-state index contributed by atoms with van der Waals surface area (Å²) in [5.74, 6) is -0.807. The van der Waals surface area contributed by atoms with Gasteiger partial charge in [0.2, 0.25) is 10.0 Å². The quantitative estimate of drug-likeness (QED) is 0.655. The third kappa shape index (κ3) is 5.77. The van der Waals surface area contributed by atoms with Gasteiger partial charge in [0.25, 0.3) is 5.91 Å². The molecule has 0 saturated carbocycles. The number of amides is 1. The molecular weight excluding hydrogens is 435 g/mol. The second kappa shape index (κ2) is 8.70. The van der Waals surface area contributed by atoms with Crippen LogP contribution in [-0.2, 0) is 24.7 Å². The van der Waals surface area contributed by atoms with Gasteiger partial charge in [-0.15, -0.1) is 0 Å². The Morgan fingerprint density at radius 2 is 1.77 bits per heavy atom. The van der Waals surface area contributed by atoms with Gasteiger partial charge in [0, 0.05) is 11.7 Å². The highest BCUT2D eigenvalue weighted by Crippen LogP contribution is 2.19. The fraction of sp³-hybridized carbons (Fsp3) is 0.316. The van der Waals surface area contributed by atoms with E-state index < -0.39 is 43.7 Å². The van der Waals surface area contributed by atoms with Gasteiger partial charge in [-0.2, -0.15) is 0 Å². The predicted octanol–water partition coefficient (Wildman–Crippen LogP) is 1.70. The molecule has 1 aliphatic rings. The molecule has 0 aromatic heterocycles. The van der Waals surface area contributed by atoms with Crippen molar-refractivity contribution in [3.05, 3.63) is 54.3 Å². The molecule has 2 N–H and O–H groups in total. The molecule has 162 valence electrons. The Morgan fingerprint density at radius 1 is 1.13 bits per heavy atom. The van der Waals surface area contributed by atoms with E-state index in [4.69, 9.17) is 4.74 Å². The van der Waals surface area contributed by atoms with Crippen molar-refractivity contribution in [2.45, 2.75) is 30.4 Å². The predicted molar refractivity (Wildman–Crippen MR) is 109 cm³/mol. The Kier molecular flexibility index (Phi) is 6.44. The minimum absolute atomic E-state index is 0.0384. The lowest BCUT2D eigenvalue weighted by molar-refractivity contribution is -0.122. The lowest BCUT2D eigenvalue weighted by Crippen LogP contribution is -2.35. The minimum atomic E-state index is -3.88. The SMILES string of the molecule is C[C@@H](Oc1ccc(F)cc1)C(=O)Nc1ccc(S(=O)(=O)N[C@@H]2CCS(=O)(=O)C2)cc1. The third-order valence-electron chi connectivity index (χ3n) is 4.48. The average molecular weight is 457 g/mol.